The molecule has 0 saturated heterocycles. The summed E-state index contributed by atoms with van der Waals surface area (Å²) in [6.45, 7) is 3.61. The minimum absolute atomic E-state index is 0.209. The van der Waals surface area contributed by atoms with Crippen LogP contribution in [0.25, 0.3) is 11.5 Å². The minimum Gasteiger partial charge on any atom is -0.355 e. The number of hydrogen-bond acceptors (Lipinski definition) is 5. The lowest BCUT2D eigenvalue weighted by Crippen LogP contribution is -2.19. The summed E-state index contributed by atoms with van der Waals surface area (Å²) in [6, 6.07) is 12.0. The Labute approximate surface area is 150 Å². The monoisotopic (exact) mass is 350 g/mol. The molecule has 2 N–H and O–H groups in total. The van der Waals surface area contributed by atoms with Crippen LogP contribution in [-0.2, 0) is 0 Å². The quantitative estimate of drug-likeness (QED) is 0.754. The van der Waals surface area contributed by atoms with E-state index in [2.05, 4.69) is 20.8 Å². The smallest absolute Gasteiger partial charge is 0.257 e. The number of carbonyl (C=O) groups excluding carboxylic acids is 2. The first-order chi connectivity index (χ1) is 12.5. The molecule has 2 amide bonds. The lowest BCUT2D eigenvalue weighted by atomic mass is 10.1. The van der Waals surface area contributed by atoms with Crippen molar-refractivity contribution < 1.29 is 14.1 Å². The highest BCUT2D eigenvalue weighted by Gasteiger charge is 2.12. The third-order valence-electron chi connectivity index (χ3n) is 3.90. The third kappa shape index (κ3) is 3.61. The molecular weight excluding hydrogens is 332 g/mol. The van der Waals surface area contributed by atoms with Crippen LogP contribution in [-0.4, -0.2) is 29.0 Å². The Morgan fingerprint density at radius 3 is 2.27 bits per heavy atom. The highest BCUT2D eigenvalue weighted by molar-refractivity contribution is 6.05. The van der Waals surface area contributed by atoms with E-state index in [0.717, 1.165) is 11.1 Å². The fourth-order valence-corrected chi connectivity index (χ4v) is 2.42. The molecule has 0 spiro atoms. The van der Waals surface area contributed by atoms with Gasteiger partial charge in [0, 0.05) is 29.4 Å². The molecule has 7 nitrogen and oxygen atoms in total. The van der Waals surface area contributed by atoms with Crippen LogP contribution in [0.5, 0.6) is 0 Å². The molecule has 26 heavy (non-hydrogen) atoms. The minimum atomic E-state index is -0.268. The van der Waals surface area contributed by atoms with Crippen LogP contribution in [0.4, 0.5) is 5.69 Å². The molecule has 1 aromatic heterocycles. The number of amides is 2. The van der Waals surface area contributed by atoms with E-state index in [1.165, 1.54) is 0 Å². The molecule has 0 unspecified atom stereocenters. The van der Waals surface area contributed by atoms with E-state index >= 15 is 0 Å². The lowest BCUT2D eigenvalue weighted by Gasteiger charge is -2.10. The summed E-state index contributed by atoms with van der Waals surface area (Å²) in [6.07, 6.45) is 0. The fourth-order valence-electron chi connectivity index (χ4n) is 2.42. The van der Waals surface area contributed by atoms with Crippen molar-refractivity contribution in [3.63, 3.8) is 0 Å². The van der Waals surface area contributed by atoms with E-state index in [4.69, 9.17) is 4.52 Å². The molecule has 0 aliphatic carbocycles. The van der Waals surface area contributed by atoms with Crippen molar-refractivity contribution in [1.82, 2.24) is 15.5 Å². The highest BCUT2D eigenvalue weighted by atomic mass is 16.5. The van der Waals surface area contributed by atoms with Gasteiger partial charge in [0.05, 0.1) is 0 Å². The number of benzene rings is 2. The Bertz CT molecular complexity index is 961. The average Bonchev–Trinajstić information content (AvgIpc) is 3.09. The SMILES string of the molecule is CNC(=O)c1ccc(C)c(NC(=O)c2ccc(-c3nc(C)no3)cc2)c1. The molecule has 3 rings (SSSR count). The van der Waals surface area contributed by atoms with Gasteiger partial charge in [0.25, 0.3) is 17.7 Å². The van der Waals surface area contributed by atoms with E-state index in [0.29, 0.717) is 28.5 Å². The maximum atomic E-state index is 12.5. The van der Waals surface area contributed by atoms with Gasteiger partial charge in [-0.05, 0) is 55.8 Å². The van der Waals surface area contributed by atoms with Gasteiger partial charge in [0.15, 0.2) is 5.82 Å². The van der Waals surface area contributed by atoms with Crippen molar-refractivity contribution in [2.45, 2.75) is 13.8 Å². The summed E-state index contributed by atoms with van der Waals surface area (Å²) < 4.78 is 5.11. The third-order valence-corrected chi connectivity index (χ3v) is 3.90. The Hall–Kier alpha value is -3.48. The predicted molar refractivity (Wildman–Crippen MR) is 97.0 cm³/mol. The largest absolute Gasteiger partial charge is 0.355 e. The molecule has 0 aliphatic heterocycles. The Morgan fingerprint density at radius 2 is 1.65 bits per heavy atom. The van der Waals surface area contributed by atoms with Crippen LogP contribution in [0.1, 0.15) is 32.1 Å². The number of nitrogens with one attached hydrogen (secondary N) is 2. The summed E-state index contributed by atoms with van der Waals surface area (Å²) >= 11 is 0. The van der Waals surface area contributed by atoms with Gasteiger partial charge < -0.3 is 15.2 Å². The average molecular weight is 350 g/mol. The van der Waals surface area contributed by atoms with Gasteiger partial charge in [-0.3, -0.25) is 9.59 Å². The molecule has 132 valence electrons. The predicted octanol–water partition coefficient (Wildman–Crippen LogP) is 2.97. The number of aromatic nitrogens is 2. The van der Waals surface area contributed by atoms with E-state index in [-0.39, 0.29) is 11.8 Å². The van der Waals surface area contributed by atoms with Crippen molar-refractivity contribution in [3.8, 4) is 11.5 Å². The van der Waals surface area contributed by atoms with Crippen LogP contribution < -0.4 is 10.6 Å². The zero-order valence-electron chi connectivity index (χ0n) is 14.7. The number of carbonyl (C=O) groups is 2. The number of nitrogens with zero attached hydrogens (tertiary/aromatic N) is 2. The molecule has 3 aromatic rings. The topological polar surface area (TPSA) is 97.1 Å². The highest BCUT2D eigenvalue weighted by Crippen LogP contribution is 2.20. The van der Waals surface area contributed by atoms with Gasteiger partial charge in [-0.25, -0.2) is 0 Å². The normalized spacial score (nSPS) is 10.4. The van der Waals surface area contributed by atoms with Crippen molar-refractivity contribution in [3.05, 3.63) is 65.0 Å². The van der Waals surface area contributed by atoms with Gasteiger partial charge in [-0.15, -0.1) is 0 Å². The van der Waals surface area contributed by atoms with E-state index < -0.39 is 0 Å². The molecular formula is C19H18N4O3. The molecule has 0 aliphatic rings. The van der Waals surface area contributed by atoms with Crippen LogP contribution >= 0.6 is 0 Å². The molecule has 0 atom stereocenters. The van der Waals surface area contributed by atoms with Crippen molar-refractivity contribution >= 4 is 17.5 Å². The van der Waals surface area contributed by atoms with Gasteiger partial charge in [-0.2, -0.15) is 4.98 Å². The summed E-state index contributed by atoms with van der Waals surface area (Å²) in [4.78, 5) is 28.4. The first-order valence-corrected chi connectivity index (χ1v) is 8.03. The van der Waals surface area contributed by atoms with Gasteiger partial charge >= 0.3 is 0 Å². The second-order valence-corrected chi connectivity index (χ2v) is 5.79. The Morgan fingerprint density at radius 1 is 0.962 bits per heavy atom. The molecule has 0 radical (unpaired) electrons. The second-order valence-electron chi connectivity index (χ2n) is 5.79. The molecule has 1 heterocycles. The Kier molecular flexibility index (Phi) is 4.79. The van der Waals surface area contributed by atoms with Crippen LogP contribution in [0.15, 0.2) is 47.0 Å². The summed E-state index contributed by atoms with van der Waals surface area (Å²) in [5, 5.41) is 9.15. The molecule has 0 saturated carbocycles. The number of rotatable bonds is 4. The van der Waals surface area contributed by atoms with E-state index in [9.17, 15) is 9.59 Å². The first-order valence-electron chi connectivity index (χ1n) is 8.03. The first kappa shape index (κ1) is 17.3. The van der Waals surface area contributed by atoms with Crippen molar-refractivity contribution in [1.29, 1.82) is 0 Å². The van der Waals surface area contributed by atoms with E-state index in [1.54, 1.807) is 56.4 Å². The number of hydrogen-bond donors (Lipinski definition) is 2. The molecule has 7 heteroatoms. The number of anilines is 1. The summed E-state index contributed by atoms with van der Waals surface area (Å²) in [7, 11) is 1.56. The van der Waals surface area contributed by atoms with Gasteiger partial charge in [0.1, 0.15) is 0 Å². The molecule has 2 aromatic carbocycles. The lowest BCUT2D eigenvalue weighted by molar-refractivity contribution is 0.0961. The van der Waals surface area contributed by atoms with Crippen molar-refractivity contribution in [2.75, 3.05) is 12.4 Å². The molecule has 0 bridgehead atoms. The van der Waals surface area contributed by atoms with Crippen molar-refractivity contribution in [2.24, 2.45) is 0 Å². The van der Waals surface area contributed by atoms with E-state index in [1.807, 2.05) is 6.92 Å². The fraction of sp³-hybridized carbons (Fsp3) is 0.158. The maximum absolute atomic E-state index is 12.5. The van der Waals surface area contributed by atoms with Gasteiger partial charge in [-0.1, -0.05) is 11.2 Å². The Balaban J connectivity index is 1.79. The van der Waals surface area contributed by atoms with Crippen LogP contribution in [0.2, 0.25) is 0 Å². The van der Waals surface area contributed by atoms with Crippen LogP contribution in [0.3, 0.4) is 0 Å². The maximum Gasteiger partial charge on any atom is 0.257 e. The second kappa shape index (κ2) is 7.18. The standard InChI is InChI=1S/C19H18N4O3/c1-11-4-5-15(17(24)20-3)10-16(11)22-18(25)13-6-8-14(9-7-13)19-21-12(2)23-26-19/h4-10H,1-3H3,(H,20,24)(H,22,25). The molecule has 0 fully saturated rings. The summed E-state index contributed by atoms with van der Waals surface area (Å²) in [5.41, 5.74) is 3.15. The summed E-state index contributed by atoms with van der Waals surface area (Å²) in [5.74, 6) is 0.479. The van der Waals surface area contributed by atoms with Gasteiger partial charge in [0.2, 0.25) is 0 Å². The zero-order valence-corrected chi connectivity index (χ0v) is 14.7. The zero-order chi connectivity index (χ0) is 18.7. The number of aryl methyl sites for hydroxylation is 2. The van der Waals surface area contributed by atoms with Crippen LogP contribution in [0, 0.1) is 13.8 Å².